The summed E-state index contributed by atoms with van der Waals surface area (Å²) in [7, 11) is 0. The lowest BCUT2D eigenvalue weighted by atomic mass is 9.63. The van der Waals surface area contributed by atoms with Gasteiger partial charge < -0.3 is 10.0 Å². The van der Waals surface area contributed by atoms with Crippen molar-refractivity contribution in [3.63, 3.8) is 0 Å². The summed E-state index contributed by atoms with van der Waals surface area (Å²) in [5, 5.41) is 9.28. The molecule has 0 aromatic heterocycles. The molecule has 1 heterocycles. The Balaban J connectivity index is 1.46. The Hall–Kier alpha value is -0.0800. The zero-order valence-electron chi connectivity index (χ0n) is 9.62. The fourth-order valence-corrected chi connectivity index (χ4v) is 3.95. The van der Waals surface area contributed by atoms with Crippen LogP contribution in [0.5, 0.6) is 0 Å². The minimum atomic E-state index is 0.420. The van der Waals surface area contributed by atoms with Crippen molar-refractivity contribution in [1.29, 1.82) is 0 Å². The second kappa shape index (κ2) is 3.74. The molecule has 0 amide bonds. The van der Waals surface area contributed by atoms with Crippen LogP contribution >= 0.6 is 0 Å². The quantitative estimate of drug-likeness (QED) is 0.767. The van der Waals surface area contributed by atoms with E-state index in [0.29, 0.717) is 12.5 Å². The fourth-order valence-electron chi connectivity index (χ4n) is 3.95. The van der Waals surface area contributed by atoms with E-state index in [-0.39, 0.29) is 0 Å². The summed E-state index contributed by atoms with van der Waals surface area (Å²) < 4.78 is 0. The van der Waals surface area contributed by atoms with Gasteiger partial charge in [0.05, 0.1) is 0 Å². The van der Waals surface area contributed by atoms with E-state index in [1.165, 1.54) is 58.2 Å². The molecule has 0 radical (unpaired) electrons. The molecule has 2 unspecified atom stereocenters. The Kier molecular flexibility index (Phi) is 2.52. The fraction of sp³-hybridized carbons (Fsp3) is 1.00. The Morgan fingerprint density at radius 2 is 1.80 bits per heavy atom. The molecular formula is C13H23NO. The molecule has 3 fully saturated rings. The van der Waals surface area contributed by atoms with Crippen LogP contribution in [0.3, 0.4) is 0 Å². The highest BCUT2D eigenvalue weighted by Gasteiger charge is 2.47. The maximum atomic E-state index is 9.28. The molecule has 0 bridgehead atoms. The van der Waals surface area contributed by atoms with E-state index >= 15 is 0 Å². The van der Waals surface area contributed by atoms with Crippen LogP contribution in [0.25, 0.3) is 0 Å². The first-order valence-electron chi connectivity index (χ1n) is 6.65. The standard InChI is InChI=1S/C13H23NO/c15-8-12-4-1-3-11(12)7-14-9-13(10-14)5-2-6-13/h11-12,15H,1-10H2. The molecule has 1 saturated heterocycles. The van der Waals surface area contributed by atoms with Crippen molar-refractivity contribution in [2.75, 3.05) is 26.2 Å². The van der Waals surface area contributed by atoms with Gasteiger partial charge in [-0.25, -0.2) is 0 Å². The Labute approximate surface area is 92.7 Å². The Morgan fingerprint density at radius 3 is 2.40 bits per heavy atom. The SMILES string of the molecule is OCC1CCCC1CN1CC2(CCC2)C1. The number of hydrogen-bond donors (Lipinski definition) is 1. The van der Waals surface area contributed by atoms with Crippen LogP contribution in [0.15, 0.2) is 0 Å². The summed E-state index contributed by atoms with van der Waals surface area (Å²) in [5.74, 6) is 1.41. The first-order chi connectivity index (χ1) is 7.31. The second-order valence-electron chi connectivity index (χ2n) is 6.16. The third-order valence-corrected chi connectivity index (χ3v) is 5.08. The molecule has 3 rings (SSSR count). The number of hydrogen-bond acceptors (Lipinski definition) is 2. The molecule has 2 aliphatic carbocycles. The van der Waals surface area contributed by atoms with E-state index in [2.05, 4.69) is 4.90 Å². The molecule has 1 N–H and O–H groups in total. The van der Waals surface area contributed by atoms with Crippen LogP contribution in [-0.2, 0) is 0 Å². The van der Waals surface area contributed by atoms with E-state index in [1.807, 2.05) is 0 Å². The van der Waals surface area contributed by atoms with E-state index in [4.69, 9.17) is 0 Å². The van der Waals surface area contributed by atoms with E-state index in [1.54, 1.807) is 0 Å². The summed E-state index contributed by atoms with van der Waals surface area (Å²) in [6.07, 6.45) is 8.40. The molecule has 2 nitrogen and oxygen atoms in total. The van der Waals surface area contributed by atoms with Crippen LogP contribution < -0.4 is 0 Å². The van der Waals surface area contributed by atoms with Crippen molar-refractivity contribution in [3.8, 4) is 0 Å². The predicted octanol–water partition coefficient (Wildman–Crippen LogP) is 1.88. The summed E-state index contributed by atoms with van der Waals surface area (Å²) >= 11 is 0. The van der Waals surface area contributed by atoms with Gasteiger partial charge in [0.2, 0.25) is 0 Å². The van der Waals surface area contributed by atoms with E-state index in [0.717, 1.165) is 11.3 Å². The molecule has 0 aromatic carbocycles. The summed E-state index contributed by atoms with van der Waals surface area (Å²) in [5.41, 5.74) is 0.771. The molecule has 1 spiro atoms. The van der Waals surface area contributed by atoms with Gasteiger partial charge in [0.25, 0.3) is 0 Å². The van der Waals surface area contributed by atoms with E-state index < -0.39 is 0 Å². The molecule has 1 aliphatic heterocycles. The number of nitrogens with zero attached hydrogens (tertiary/aromatic N) is 1. The lowest BCUT2D eigenvalue weighted by molar-refractivity contribution is -0.0697. The normalized spacial score (nSPS) is 39.0. The highest BCUT2D eigenvalue weighted by atomic mass is 16.3. The maximum absolute atomic E-state index is 9.28. The van der Waals surface area contributed by atoms with Crippen molar-refractivity contribution in [2.45, 2.75) is 38.5 Å². The Bertz CT molecular complexity index is 229. The smallest absolute Gasteiger partial charge is 0.0462 e. The van der Waals surface area contributed by atoms with Gasteiger partial charge in [0, 0.05) is 26.2 Å². The zero-order chi connectivity index (χ0) is 10.3. The van der Waals surface area contributed by atoms with E-state index in [9.17, 15) is 5.11 Å². The molecule has 2 heteroatoms. The van der Waals surface area contributed by atoms with Crippen molar-refractivity contribution in [1.82, 2.24) is 4.90 Å². The number of rotatable bonds is 3. The average Bonchev–Trinajstić information content (AvgIpc) is 2.54. The van der Waals surface area contributed by atoms with Gasteiger partial charge in [-0.3, -0.25) is 0 Å². The van der Waals surface area contributed by atoms with Crippen LogP contribution in [-0.4, -0.2) is 36.2 Å². The van der Waals surface area contributed by atoms with Crippen molar-refractivity contribution in [2.24, 2.45) is 17.3 Å². The number of likely N-dealkylation sites (tertiary alicyclic amines) is 1. The van der Waals surface area contributed by atoms with Crippen molar-refractivity contribution >= 4 is 0 Å². The number of aliphatic hydroxyl groups excluding tert-OH is 1. The van der Waals surface area contributed by atoms with Gasteiger partial charge in [-0.2, -0.15) is 0 Å². The van der Waals surface area contributed by atoms with Crippen molar-refractivity contribution < 1.29 is 5.11 Å². The molecule has 2 saturated carbocycles. The van der Waals surface area contributed by atoms with Gasteiger partial charge in [-0.1, -0.05) is 12.8 Å². The minimum Gasteiger partial charge on any atom is -0.396 e. The molecule has 0 aromatic rings. The molecule has 2 atom stereocenters. The first-order valence-corrected chi connectivity index (χ1v) is 6.65. The maximum Gasteiger partial charge on any atom is 0.0462 e. The van der Waals surface area contributed by atoms with Gasteiger partial charge in [-0.15, -0.1) is 0 Å². The highest BCUT2D eigenvalue weighted by molar-refractivity contribution is 5.01. The third kappa shape index (κ3) is 1.72. The van der Waals surface area contributed by atoms with Crippen LogP contribution in [0.4, 0.5) is 0 Å². The van der Waals surface area contributed by atoms with Gasteiger partial charge in [0.15, 0.2) is 0 Å². The predicted molar refractivity (Wildman–Crippen MR) is 60.6 cm³/mol. The van der Waals surface area contributed by atoms with Crippen LogP contribution in [0, 0.1) is 17.3 Å². The lowest BCUT2D eigenvalue weighted by Gasteiger charge is -2.57. The monoisotopic (exact) mass is 209 g/mol. The molecule has 15 heavy (non-hydrogen) atoms. The largest absolute Gasteiger partial charge is 0.396 e. The van der Waals surface area contributed by atoms with Crippen LogP contribution in [0.2, 0.25) is 0 Å². The van der Waals surface area contributed by atoms with Gasteiger partial charge in [0.1, 0.15) is 0 Å². The van der Waals surface area contributed by atoms with Gasteiger partial charge >= 0.3 is 0 Å². The lowest BCUT2D eigenvalue weighted by Crippen LogP contribution is -2.60. The van der Waals surface area contributed by atoms with Crippen molar-refractivity contribution in [3.05, 3.63) is 0 Å². The topological polar surface area (TPSA) is 23.5 Å². The summed E-state index contributed by atoms with van der Waals surface area (Å²) in [6, 6.07) is 0. The number of aliphatic hydroxyl groups is 1. The average molecular weight is 209 g/mol. The molecule has 86 valence electrons. The summed E-state index contributed by atoms with van der Waals surface area (Å²) in [4.78, 5) is 2.64. The zero-order valence-corrected chi connectivity index (χ0v) is 9.62. The van der Waals surface area contributed by atoms with Crippen LogP contribution in [0.1, 0.15) is 38.5 Å². The first kappa shape index (κ1) is 10.1. The minimum absolute atomic E-state index is 0.420. The Morgan fingerprint density at radius 1 is 1.07 bits per heavy atom. The molecule has 3 aliphatic rings. The second-order valence-corrected chi connectivity index (χ2v) is 6.16. The highest BCUT2D eigenvalue weighted by Crippen LogP contribution is 2.48. The molecular weight excluding hydrogens is 186 g/mol. The van der Waals surface area contributed by atoms with Gasteiger partial charge in [-0.05, 0) is 42.9 Å². The third-order valence-electron chi connectivity index (χ3n) is 5.08. The summed E-state index contributed by atoms with van der Waals surface area (Å²) in [6.45, 7) is 4.42.